The Labute approximate surface area is 113 Å². The van der Waals surface area contributed by atoms with Crippen LogP contribution in [0.4, 0.5) is 0 Å². The largest absolute Gasteiger partial charge is 0.481 e. The van der Waals surface area contributed by atoms with E-state index in [-0.39, 0.29) is 11.8 Å². The van der Waals surface area contributed by atoms with Gasteiger partial charge < -0.3 is 5.11 Å². The van der Waals surface area contributed by atoms with Crippen molar-refractivity contribution in [2.24, 2.45) is 5.92 Å². The van der Waals surface area contributed by atoms with Crippen LogP contribution in [0, 0.1) is 5.92 Å². The highest BCUT2D eigenvalue weighted by Gasteiger charge is 2.31. The third kappa shape index (κ3) is 2.35. The molecular weight excluding hydrogens is 236 g/mol. The molecule has 0 saturated heterocycles. The maximum atomic E-state index is 11.4. The van der Waals surface area contributed by atoms with Crippen LogP contribution in [0.5, 0.6) is 0 Å². The Kier molecular flexibility index (Phi) is 3.24. The first-order valence-electron chi connectivity index (χ1n) is 6.97. The Morgan fingerprint density at radius 1 is 1.00 bits per heavy atom. The van der Waals surface area contributed by atoms with E-state index in [1.807, 2.05) is 12.1 Å². The highest BCUT2D eigenvalue weighted by Crippen LogP contribution is 2.38. The molecule has 1 N–H and O–H groups in total. The Morgan fingerprint density at radius 3 is 2.53 bits per heavy atom. The molecule has 1 fully saturated rings. The van der Waals surface area contributed by atoms with Crippen LogP contribution in [-0.2, 0) is 4.79 Å². The lowest BCUT2D eigenvalue weighted by Crippen LogP contribution is -2.25. The van der Waals surface area contributed by atoms with E-state index >= 15 is 0 Å². The van der Waals surface area contributed by atoms with Crippen molar-refractivity contribution in [3.63, 3.8) is 0 Å². The quantitative estimate of drug-likeness (QED) is 0.872. The fourth-order valence-corrected chi connectivity index (χ4v) is 3.26. The monoisotopic (exact) mass is 254 g/mol. The molecule has 2 aromatic carbocycles. The van der Waals surface area contributed by atoms with Crippen molar-refractivity contribution in [2.45, 2.75) is 31.6 Å². The van der Waals surface area contributed by atoms with Crippen molar-refractivity contribution >= 4 is 16.7 Å². The van der Waals surface area contributed by atoms with Gasteiger partial charge in [0, 0.05) is 0 Å². The molecule has 0 radical (unpaired) electrons. The molecule has 2 unspecified atom stereocenters. The van der Waals surface area contributed by atoms with E-state index in [1.54, 1.807) is 0 Å². The predicted octanol–water partition coefficient (Wildman–Crippen LogP) is 4.20. The first-order chi connectivity index (χ1) is 9.25. The van der Waals surface area contributed by atoms with Gasteiger partial charge in [0.25, 0.3) is 0 Å². The number of aliphatic carboxylic acids is 1. The van der Waals surface area contributed by atoms with Crippen LogP contribution in [0.2, 0.25) is 0 Å². The predicted molar refractivity (Wildman–Crippen MR) is 76.3 cm³/mol. The second kappa shape index (κ2) is 5.04. The molecule has 0 bridgehead atoms. The van der Waals surface area contributed by atoms with E-state index in [2.05, 4.69) is 30.3 Å². The number of carboxylic acid groups (broad SMARTS) is 1. The van der Waals surface area contributed by atoms with Gasteiger partial charge in [-0.1, -0.05) is 55.3 Å². The maximum Gasteiger partial charge on any atom is 0.307 e. The summed E-state index contributed by atoms with van der Waals surface area (Å²) in [6, 6.07) is 14.6. The van der Waals surface area contributed by atoms with Crippen molar-refractivity contribution in [3.8, 4) is 0 Å². The number of carbonyl (C=O) groups is 1. The highest BCUT2D eigenvalue weighted by atomic mass is 16.4. The first kappa shape index (κ1) is 12.2. The number of rotatable bonds is 2. The van der Waals surface area contributed by atoms with Gasteiger partial charge in [-0.3, -0.25) is 4.79 Å². The van der Waals surface area contributed by atoms with Crippen LogP contribution in [0.15, 0.2) is 42.5 Å². The number of benzene rings is 2. The highest BCUT2D eigenvalue weighted by molar-refractivity contribution is 5.83. The fourth-order valence-electron chi connectivity index (χ4n) is 3.26. The molecule has 98 valence electrons. The molecule has 0 amide bonds. The zero-order valence-electron chi connectivity index (χ0n) is 10.9. The van der Waals surface area contributed by atoms with Crippen LogP contribution < -0.4 is 0 Å². The van der Waals surface area contributed by atoms with E-state index in [0.29, 0.717) is 0 Å². The zero-order valence-corrected chi connectivity index (χ0v) is 10.9. The maximum absolute atomic E-state index is 11.4. The standard InChI is InChI=1S/C17H18O2/c18-17(19)16-8-4-3-7-15(16)14-10-9-12-5-1-2-6-13(12)11-14/h1-2,5-6,9-11,15-16H,3-4,7-8H2,(H,18,19). The molecule has 1 aliphatic carbocycles. The van der Waals surface area contributed by atoms with Crippen molar-refractivity contribution in [3.05, 3.63) is 48.0 Å². The van der Waals surface area contributed by atoms with E-state index in [4.69, 9.17) is 0 Å². The van der Waals surface area contributed by atoms with E-state index in [0.717, 1.165) is 25.7 Å². The topological polar surface area (TPSA) is 37.3 Å². The van der Waals surface area contributed by atoms with Gasteiger partial charge in [0.15, 0.2) is 0 Å². The lowest BCUT2D eigenvalue weighted by Gasteiger charge is -2.29. The third-order valence-corrected chi connectivity index (χ3v) is 4.28. The van der Waals surface area contributed by atoms with Gasteiger partial charge in [0.1, 0.15) is 0 Å². The van der Waals surface area contributed by atoms with Gasteiger partial charge in [-0.2, -0.15) is 0 Å². The molecule has 0 aromatic heterocycles. The number of hydrogen-bond acceptors (Lipinski definition) is 1. The van der Waals surface area contributed by atoms with E-state index in [1.165, 1.54) is 16.3 Å². The summed E-state index contributed by atoms with van der Waals surface area (Å²) in [4.78, 5) is 11.4. The molecule has 0 aliphatic heterocycles. The first-order valence-corrected chi connectivity index (χ1v) is 6.97. The Hall–Kier alpha value is -1.83. The van der Waals surface area contributed by atoms with E-state index in [9.17, 15) is 9.90 Å². The van der Waals surface area contributed by atoms with Crippen molar-refractivity contribution in [1.29, 1.82) is 0 Å². The summed E-state index contributed by atoms with van der Waals surface area (Å²) in [6.07, 6.45) is 3.99. The number of carboxylic acids is 1. The van der Waals surface area contributed by atoms with E-state index < -0.39 is 5.97 Å². The summed E-state index contributed by atoms with van der Waals surface area (Å²) in [5.41, 5.74) is 1.19. The second-order valence-electron chi connectivity index (χ2n) is 5.44. The summed E-state index contributed by atoms with van der Waals surface area (Å²) >= 11 is 0. The lowest BCUT2D eigenvalue weighted by molar-refractivity contribution is -0.143. The average Bonchev–Trinajstić information content (AvgIpc) is 2.46. The summed E-state index contributed by atoms with van der Waals surface area (Å²) in [6.45, 7) is 0. The van der Waals surface area contributed by atoms with Gasteiger partial charge in [0.05, 0.1) is 5.92 Å². The van der Waals surface area contributed by atoms with Crippen molar-refractivity contribution in [2.75, 3.05) is 0 Å². The molecular formula is C17H18O2. The number of fused-ring (bicyclic) bond motifs is 1. The normalized spacial score (nSPS) is 23.4. The molecule has 19 heavy (non-hydrogen) atoms. The van der Waals surface area contributed by atoms with Crippen LogP contribution >= 0.6 is 0 Å². The smallest absolute Gasteiger partial charge is 0.307 e. The van der Waals surface area contributed by atoms with Gasteiger partial charge in [-0.15, -0.1) is 0 Å². The summed E-state index contributed by atoms with van der Waals surface area (Å²) in [5, 5.41) is 11.8. The minimum absolute atomic E-state index is 0.177. The molecule has 1 aliphatic rings. The summed E-state index contributed by atoms with van der Waals surface area (Å²) in [7, 11) is 0. The van der Waals surface area contributed by atoms with Crippen LogP contribution in [0.25, 0.3) is 10.8 Å². The van der Waals surface area contributed by atoms with Crippen LogP contribution in [0.1, 0.15) is 37.2 Å². The van der Waals surface area contributed by atoms with Crippen LogP contribution in [0.3, 0.4) is 0 Å². The molecule has 3 rings (SSSR count). The molecule has 2 heteroatoms. The van der Waals surface area contributed by atoms with Gasteiger partial charge >= 0.3 is 5.97 Å². The zero-order chi connectivity index (χ0) is 13.2. The molecule has 0 heterocycles. The molecule has 0 spiro atoms. The lowest BCUT2D eigenvalue weighted by atomic mass is 9.75. The third-order valence-electron chi connectivity index (χ3n) is 4.28. The van der Waals surface area contributed by atoms with Gasteiger partial charge in [-0.25, -0.2) is 0 Å². The molecule has 2 nitrogen and oxygen atoms in total. The summed E-state index contributed by atoms with van der Waals surface area (Å²) < 4.78 is 0. The van der Waals surface area contributed by atoms with Crippen LogP contribution in [-0.4, -0.2) is 11.1 Å². The minimum Gasteiger partial charge on any atom is -0.481 e. The minimum atomic E-state index is -0.641. The Bertz CT molecular complexity index is 603. The second-order valence-corrected chi connectivity index (χ2v) is 5.44. The van der Waals surface area contributed by atoms with Gasteiger partial charge in [-0.05, 0) is 35.1 Å². The Morgan fingerprint density at radius 2 is 1.74 bits per heavy atom. The average molecular weight is 254 g/mol. The molecule has 2 atom stereocenters. The fraction of sp³-hybridized carbons (Fsp3) is 0.353. The number of hydrogen-bond donors (Lipinski definition) is 1. The van der Waals surface area contributed by atoms with Crippen molar-refractivity contribution < 1.29 is 9.90 Å². The Balaban J connectivity index is 1.99. The summed E-state index contributed by atoms with van der Waals surface area (Å²) in [5.74, 6) is -0.677. The SMILES string of the molecule is O=C(O)C1CCCCC1c1ccc2ccccc2c1. The molecule has 2 aromatic rings. The van der Waals surface area contributed by atoms with Gasteiger partial charge in [0.2, 0.25) is 0 Å². The molecule has 1 saturated carbocycles. The van der Waals surface area contributed by atoms with Crippen molar-refractivity contribution in [1.82, 2.24) is 0 Å².